The van der Waals surface area contributed by atoms with Crippen LogP contribution in [0.5, 0.6) is 0 Å². The number of carbonyl (C=O) groups is 5. The Morgan fingerprint density at radius 2 is 0.919 bits per heavy atom. The van der Waals surface area contributed by atoms with Gasteiger partial charge >= 0.3 is 30.0 Å². The monoisotopic (exact) mass is 2090 g/mol. The Labute approximate surface area is 871 Å². The van der Waals surface area contributed by atoms with E-state index < -0.39 is 262 Å². The smallest absolute Gasteiger partial charge is 0.407 e. The van der Waals surface area contributed by atoms with Gasteiger partial charge in [0.25, 0.3) is 0 Å². The van der Waals surface area contributed by atoms with Gasteiger partial charge in [-0.3, -0.25) is 19.2 Å². The Morgan fingerprint density at radius 1 is 0.453 bits per heavy atom. The molecule has 148 heavy (non-hydrogen) atoms. The summed E-state index contributed by atoms with van der Waals surface area (Å²) < 4.78 is 88.3. The number of carboxylic acids is 1. The second kappa shape index (κ2) is 68.2. The largest absolute Gasteiger partial charge is 0.481 e. The molecule has 0 spiro atoms. The molecule has 8 aliphatic heterocycles. The molecular weight excluding hydrogens is 1920 g/mol. The predicted octanol–water partition coefficient (Wildman–Crippen LogP) is 7.48. The van der Waals surface area contributed by atoms with Crippen molar-refractivity contribution >= 4 is 37.8 Å². The molecule has 1 amide bonds. The number of esters is 3. The van der Waals surface area contributed by atoms with Gasteiger partial charge in [-0.05, 0) is 59.8 Å². The molecule has 2 radical (unpaired) electrons. The maximum absolute atomic E-state index is 13.8. The van der Waals surface area contributed by atoms with E-state index in [9.17, 15) is 106 Å². The van der Waals surface area contributed by atoms with Crippen LogP contribution in [0, 0.1) is 35.5 Å². The fraction of sp³-hybridized carbons (Fsp3) is 0.661. The van der Waals surface area contributed by atoms with Gasteiger partial charge in [0.05, 0.1) is 161 Å². The van der Waals surface area contributed by atoms with E-state index in [0.29, 0.717) is 12.8 Å². The maximum atomic E-state index is 13.8. The lowest BCUT2D eigenvalue weighted by Gasteiger charge is -2.48. The minimum Gasteiger partial charge on any atom is -0.481 e. The summed E-state index contributed by atoms with van der Waals surface area (Å²) >= 11 is 0. The van der Waals surface area contributed by atoms with Gasteiger partial charge in [-0.2, -0.15) is 0 Å². The van der Waals surface area contributed by atoms with Crippen molar-refractivity contribution in [3.05, 3.63) is 195 Å². The van der Waals surface area contributed by atoms with E-state index in [-0.39, 0.29) is 115 Å². The third-order valence-electron chi connectivity index (χ3n) is 27.2. The molecule has 38 nitrogen and oxygen atoms in total. The summed E-state index contributed by atoms with van der Waals surface area (Å²) in [5.41, 5.74) is 6.02. The number of amides is 1. The molecule has 6 saturated heterocycles. The highest BCUT2D eigenvalue weighted by Gasteiger charge is 2.55. The number of cyclic esters (lactones) is 2. The Balaban J connectivity index is 0.000000433. The second-order valence-electron chi connectivity index (χ2n) is 39.1. The van der Waals surface area contributed by atoms with Crippen molar-refractivity contribution in [1.29, 1.82) is 0 Å². The summed E-state index contributed by atoms with van der Waals surface area (Å²) in [6, 6.07) is -2.44. The van der Waals surface area contributed by atoms with E-state index >= 15 is 0 Å². The molecule has 39 heteroatoms. The first-order valence-corrected chi connectivity index (χ1v) is 51.5. The van der Waals surface area contributed by atoms with Gasteiger partial charge in [-0.25, -0.2) is 4.79 Å². The van der Waals surface area contributed by atoms with Crippen molar-refractivity contribution < 1.29 is 177 Å². The molecule has 0 aliphatic carbocycles. The van der Waals surface area contributed by atoms with E-state index in [1.807, 2.05) is 87.6 Å². The number of aliphatic carboxylic acids is 1. The number of methoxy groups -OCH3 is 1. The van der Waals surface area contributed by atoms with Crippen molar-refractivity contribution in [2.75, 3.05) is 33.9 Å². The number of fused-ring (bicyclic) bond motifs is 8. The molecule has 8 heterocycles. The Kier molecular flexibility index (Phi) is 59.3. The number of hydrogen-bond donors (Lipinski definition) is 18. The number of aliphatic hydroxyl groups excluding tert-OH is 14. The standard InChI is InChI=1S/C57H83NO19.C47H73NO17.C5H11B/c1-8-26-68-54(65)49-45(60)33-57(67-7)32-43-30-46(73-35-72-43)44(59)25-24-40-28-42(71-34-70-40)31-48(61)74-38(5)37(4)51(62)36(3)22-20-18-16-14-12-10-11-13-15-17-19-21-23-41(29-47(49)77-57)76-55-53(64)50(52(63)39(6)75-55)58-56(66)69-27-9-2;1-27-17-15-13-11-9-7-5-6-8-10-12-14-16-18-34(64-46-44(58)41(48)43(57)30(4)63-46)24-38-40(45(59)60)37(54)26-47(61,65-38)25-33(51)22-36(53)35(52)20-19-31(49)21-32(50)23-39(55)62-29(3)28(2)42(27)56;1-2-3-4-5-6/h8-23,36-47,49-53,55,59-60,62-64H,1-2,24-35H2,3-7H3,(H,58,66);5-18,27-38,40-44,46,49-54,56-58,61H,19-26,48H2,1-4H3,(H,59,60);2-5H2,1H3/b11-10+,14-12+,15-13+,18-16+,19-17+,22-20+,23-21+;6-5+,9-7+,10-8+,13-11+,14-12+,17-15+,18-16+;/t36-,37-,38-,39+,40+,41-,42+,43-,44+,45-,46+,47?,49+,50-,51?,52+,53-,55-,57+;27-,28-,29-,30+,31+,32+,33-,34-,35+,36+,37-,38?,40+,41-,42?,43+,44-,46-,47+;/m00./s1. The lowest BCUT2D eigenvalue weighted by atomic mass is 9.82. The van der Waals surface area contributed by atoms with Crippen LogP contribution >= 0.6 is 0 Å². The minimum absolute atomic E-state index is 0.00652. The predicted molar refractivity (Wildman–Crippen MR) is 548 cm³/mol. The summed E-state index contributed by atoms with van der Waals surface area (Å²) in [6.45, 7) is 22.7. The third-order valence-corrected chi connectivity index (χ3v) is 27.2. The van der Waals surface area contributed by atoms with Gasteiger partial charge in [0, 0.05) is 88.6 Å². The molecule has 832 valence electrons. The van der Waals surface area contributed by atoms with E-state index in [1.165, 1.54) is 51.5 Å². The van der Waals surface area contributed by atoms with Gasteiger partial charge in [0.15, 0.2) is 24.2 Å². The van der Waals surface area contributed by atoms with E-state index in [1.54, 1.807) is 125 Å². The zero-order valence-electron chi connectivity index (χ0n) is 87.0. The molecule has 0 aromatic rings. The third kappa shape index (κ3) is 45.0. The quantitative estimate of drug-likeness (QED) is 0.0248. The van der Waals surface area contributed by atoms with Crippen molar-refractivity contribution in [1.82, 2.24) is 5.32 Å². The molecule has 0 saturated carbocycles. The summed E-state index contributed by atoms with van der Waals surface area (Å²) in [5.74, 6) is -11.4. The number of nitrogens with one attached hydrogen (secondary N) is 1. The highest BCUT2D eigenvalue weighted by molar-refractivity contribution is 6.08. The average molecular weight is 2090 g/mol. The second-order valence-corrected chi connectivity index (χ2v) is 39.1. The van der Waals surface area contributed by atoms with Gasteiger partial charge < -0.3 is 164 Å². The first-order valence-electron chi connectivity index (χ1n) is 51.5. The normalized spacial score (nSPS) is 41.9. The molecule has 8 aliphatic rings. The number of allylic oxidation sites excluding steroid dienone is 24. The lowest BCUT2D eigenvalue weighted by Crippen LogP contribution is -2.64. The fourth-order valence-electron chi connectivity index (χ4n) is 18.2. The molecule has 6 fully saturated rings. The van der Waals surface area contributed by atoms with Crippen LogP contribution in [0.25, 0.3) is 0 Å². The van der Waals surface area contributed by atoms with E-state index in [2.05, 4.69) is 25.4 Å². The lowest BCUT2D eigenvalue weighted by molar-refractivity contribution is -0.324. The van der Waals surface area contributed by atoms with Crippen LogP contribution in [0.2, 0.25) is 6.32 Å². The molecule has 4 unspecified atom stereocenters. The van der Waals surface area contributed by atoms with Crippen molar-refractivity contribution in [3.8, 4) is 0 Å². The fourth-order valence-corrected chi connectivity index (χ4v) is 18.2. The first kappa shape index (κ1) is 129. The Bertz CT molecular complexity index is 4340. The number of rotatable bonds is 15. The summed E-state index contributed by atoms with van der Waals surface area (Å²) in [4.78, 5) is 64.6. The minimum atomic E-state index is -2.33. The molecule has 38 atom stereocenters. The van der Waals surface area contributed by atoms with E-state index in [0.717, 1.165) is 6.32 Å². The topological polar surface area (TPSA) is 586 Å². The summed E-state index contributed by atoms with van der Waals surface area (Å²) in [7, 11) is 6.63. The molecular formula is C109H167BN2O36. The number of nitrogens with two attached hydrogens (primary N) is 1. The Morgan fingerprint density at radius 3 is 1.43 bits per heavy atom. The van der Waals surface area contributed by atoms with Crippen LogP contribution in [0.3, 0.4) is 0 Å². The van der Waals surface area contributed by atoms with Crippen molar-refractivity contribution in [3.63, 3.8) is 0 Å². The number of alkyl carbamates (subject to hydrolysis) is 1. The SMILES string of the molecule is C=CCOC(=O)N[C@@H]1[C@H](O)[C@H](O[C@H]2/C=C/C=C/C=C/C=C/C=C/C=C/C=C/[C@H](C)C(O)[C@@H](C)[C@H](C)OC(=O)C[C@H]3C[C@@H](CC[C@@H](O)[C@H]4C[C@@H](C[C@]5(OC)C[C@H](O)[C@@H](C(=O)OCC=C)C(C2)O5)OCO4)OCO3)O[C@H](C)[C@H]1O.C[C@@H]1OC(=O)C[C@H](O)C[C@H](O)CC[C@@H](O)[C@H](O)C[C@H](O)C[C@]2(O)C[C@H](O)[C@@H](C(=O)O)C(C[C@@H](O[C@@H]3O[C@H](C)[C@@H](O)[C@H](N)[C@@H]3O)/C=C/C=C/C=C/C=C/C=C/C=C/C=C/[C@H](C)C(O)[C@H]1C)O2.[B]CCCCC. The number of ether oxygens (including phenoxy) is 15. The van der Waals surface area contributed by atoms with E-state index in [4.69, 9.17) is 84.6 Å². The average Bonchev–Trinajstić information content (AvgIpc) is 0.775. The molecule has 8 rings (SSSR count). The van der Waals surface area contributed by atoms with Crippen LogP contribution in [0.4, 0.5) is 4.79 Å². The maximum Gasteiger partial charge on any atom is 0.407 e. The Hall–Kier alpha value is -8.03. The van der Waals surface area contributed by atoms with Crippen molar-refractivity contribution in [2.24, 2.45) is 41.2 Å². The van der Waals surface area contributed by atoms with Crippen molar-refractivity contribution in [2.45, 2.75) is 386 Å². The van der Waals surface area contributed by atoms with Gasteiger partial charge in [-0.15, -0.1) is 0 Å². The number of carbonyl (C=O) groups excluding carboxylic acids is 4. The zero-order chi connectivity index (χ0) is 109. The number of unbranched alkanes of at least 4 members (excludes halogenated alkanes) is 2. The molecule has 0 aromatic carbocycles. The first-order chi connectivity index (χ1) is 70.5. The summed E-state index contributed by atoms with van der Waals surface area (Å²) in [5, 5.41) is 178. The molecule has 0 aromatic heterocycles. The molecule has 8 bridgehead atoms. The number of hydrogen-bond acceptors (Lipinski definition) is 36. The van der Waals surface area contributed by atoms with Crippen LogP contribution in [0.1, 0.15) is 184 Å². The number of carboxylic acid groups (broad SMARTS) is 1. The van der Waals surface area contributed by atoms with Gasteiger partial charge in [-0.1, -0.05) is 256 Å². The zero-order valence-corrected chi connectivity index (χ0v) is 87.0. The van der Waals surface area contributed by atoms with Gasteiger partial charge in [0.1, 0.15) is 69.2 Å². The highest BCUT2D eigenvalue weighted by atomic mass is 16.7. The van der Waals surface area contributed by atoms with Gasteiger partial charge in [0.2, 0.25) is 0 Å². The van der Waals surface area contributed by atoms with Crippen LogP contribution in [-0.4, -0.2) is 348 Å². The summed E-state index contributed by atoms with van der Waals surface area (Å²) in [6.07, 6.45) is 22.9. The van der Waals surface area contributed by atoms with Crippen LogP contribution in [-0.2, 0) is 90.2 Å². The highest BCUT2D eigenvalue weighted by Crippen LogP contribution is 2.44. The van der Waals surface area contributed by atoms with Crippen LogP contribution < -0.4 is 11.1 Å². The molecule has 19 N–H and O–H groups in total. The number of aliphatic hydroxyl groups is 15. The van der Waals surface area contributed by atoms with Crippen LogP contribution in [0.15, 0.2) is 195 Å².